The van der Waals surface area contributed by atoms with E-state index >= 15 is 0 Å². The Bertz CT molecular complexity index is 1100. The van der Waals surface area contributed by atoms with E-state index in [1.54, 1.807) is 6.20 Å². The number of anilines is 1. The lowest BCUT2D eigenvalue weighted by Crippen LogP contribution is -2.29. The number of alkyl halides is 3. The molecule has 9 heteroatoms. The zero-order valence-electron chi connectivity index (χ0n) is 21.3. The van der Waals surface area contributed by atoms with Gasteiger partial charge in [0.25, 0.3) is 0 Å². The summed E-state index contributed by atoms with van der Waals surface area (Å²) in [5.41, 5.74) is 6.16. The van der Waals surface area contributed by atoms with Gasteiger partial charge in [0.15, 0.2) is 0 Å². The first kappa shape index (κ1) is 29.9. The van der Waals surface area contributed by atoms with E-state index in [2.05, 4.69) is 9.88 Å². The summed E-state index contributed by atoms with van der Waals surface area (Å²) < 4.78 is 45.9. The predicted molar refractivity (Wildman–Crippen MR) is 145 cm³/mol. The Morgan fingerprint density at radius 1 is 0.974 bits per heavy atom. The first-order valence-electron chi connectivity index (χ1n) is 12.8. The minimum absolute atomic E-state index is 0.0949. The summed E-state index contributed by atoms with van der Waals surface area (Å²) >= 11 is 5.97. The van der Waals surface area contributed by atoms with Crippen LogP contribution in [0, 0.1) is 0 Å². The number of ether oxygens (including phenoxy) is 1. The van der Waals surface area contributed by atoms with Crippen LogP contribution in [0.2, 0.25) is 5.02 Å². The number of nitrogens with zero attached hydrogens (tertiary/aromatic N) is 2. The first-order valence-corrected chi connectivity index (χ1v) is 13.2. The van der Waals surface area contributed by atoms with Crippen molar-refractivity contribution in [1.29, 1.82) is 0 Å². The van der Waals surface area contributed by atoms with Crippen LogP contribution in [0.3, 0.4) is 0 Å². The maximum Gasteiger partial charge on any atom is 0.418 e. The molecule has 0 fully saturated rings. The third kappa shape index (κ3) is 9.91. The Morgan fingerprint density at radius 2 is 1.71 bits per heavy atom. The molecule has 3 rings (SSSR count). The van der Waals surface area contributed by atoms with Crippen molar-refractivity contribution in [3.63, 3.8) is 0 Å². The SMILES string of the molecule is Nc1c(Cl)cc(C(O)CN(CCCCCCOCCc2ccccn2)Cc2ccccc2)cc1C(F)(F)F. The van der Waals surface area contributed by atoms with Crippen molar-refractivity contribution in [3.8, 4) is 0 Å². The van der Waals surface area contributed by atoms with E-state index in [1.807, 2.05) is 48.5 Å². The zero-order chi connectivity index (χ0) is 27.4. The van der Waals surface area contributed by atoms with Crippen molar-refractivity contribution in [2.75, 3.05) is 32.0 Å². The monoisotopic (exact) mass is 549 g/mol. The molecular formula is C29H35ClF3N3O2. The highest BCUT2D eigenvalue weighted by Gasteiger charge is 2.35. The maximum absolute atomic E-state index is 13.4. The minimum Gasteiger partial charge on any atom is -0.397 e. The van der Waals surface area contributed by atoms with Crippen LogP contribution in [-0.4, -0.2) is 41.3 Å². The van der Waals surface area contributed by atoms with Gasteiger partial charge in [-0.2, -0.15) is 13.2 Å². The van der Waals surface area contributed by atoms with Gasteiger partial charge in [0, 0.05) is 38.0 Å². The fourth-order valence-electron chi connectivity index (χ4n) is 4.21. The van der Waals surface area contributed by atoms with Crippen molar-refractivity contribution in [2.45, 2.75) is 50.9 Å². The largest absolute Gasteiger partial charge is 0.418 e. The zero-order valence-corrected chi connectivity index (χ0v) is 22.1. The molecular weight excluding hydrogens is 515 g/mol. The Kier molecular flexibility index (Phi) is 11.9. The molecule has 0 radical (unpaired) electrons. The molecule has 0 spiro atoms. The third-order valence-corrected chi connectivity index (χ3v) is 6.58. The van der Waals surface area contributed by atoms with E-state index in [4.69, 9.17) is 22.1 Å². The van der Waals surface area contributed by atoms with Gasteiger partial charge in [0.1, 0.15) is 0 Å². The van der Waals surface area contributed by atoms with Crippen LogP contribution >= 0.6 is 11.6 Å². The van der Waals surface area contributed by atoms with Crippen molar-refractivity contribution in [3.05, 3.63) is 94.3 Å². The molecule has 0 aliphatic carbocycles. The van der Waals surface area contributed by atoms with Gasteiger partial charge in [-0.05, 0) is 54.8 Å². The first-order chi connectivity index (χ1) is 18.2. The molecule has 0 aliphatic rings. The van der Waals surface area contributed by atoms with Gasteiger partial charge in [-0.1, -0.05) is 60.8 Å². The van der Waals surface area contributed by atoms with E-state index in [9.17, 15) is 18.3 Å². The molecule has 1 atom stereocenters. The van der Waals surface area contributed by atoms with E-state index in [1.165, 1.54) is 6.07 Å². The fourth-order valence-corrected chi connectivity index (χ4v) is 4.44. The molecule has 38 heavy (non-hydrogen) atoms. The summed E-state index contributed by atoms with van der Waals surface area (Å²) in [7, 11) is 0. The second kappa shape index (κ2) is 15.1. The smallest absolute Gasteiger partial charge is 0.397 e. The van der Waals surface area contributed by atoms with Gasteiger partial charge in [-0.3, -0.25) is 9.88 Å². The van der Waals surface area contributed by atoms with Crippen LogP contribution in [0.15, 0.2) is 66.9 Å². The van der Waals surface area contributed by atoms with Gasteiger partial charge in [-0.15, -0.1) is 0 Å². The van der Waals surface area contributed by atoms with Gasteiger partial charge in [0.2, 0.25) is 0 Å². The highest BCUT2D eigenvalue weighted by molar-refractivity contribution is 6.33. The van der Waals surface area contributed by atoms with Crippen molar-refractivity contribution >= 4 is 17.3 Å². The Balaban J connectivity index is 1.48. The number of hydrogen-bond acceptors (Lipinski definition) is 5. The Labute approximate surface area is 227 Å². The number of nitrogens with two attached hydrogens (primary N) is 1. The molecule has 0 aliphatic heterocycles. The van der Waals surface area contributed by atoms with E-state index in [-0.39, 0.29) is 17.1 Å². The van der Waals surface area contributed by atoms with Crippen LogP contribution in [0.25, 0.3) is 0 Å². The third-order valence-electron chi connectivity index (χ3n) is 6.26. The quantitative estimate of drug-likeness (QED) is 0.163. The number of benzene rings is 2. The molecule has 3 N–H and O–H groups in total. The molecule has 0 saturated carbocycles. The molecule has 1 heterocycles. The molecule has 0 saturated heterocycles. The summed E-state index contributed by atoms with van der Waals surface area (Å²) in [6, 6.07) is 17.8. The van der Waals surface area contributed by atoms with E-state index in [0.717, 1.165) is 49.4 Å². The van der Waals surface area contributed by atoms with E-state index < -0.39 is 23.5 Å². The molecule has 206 valence electrons. The van der Waals surface area contributed by atoms with E-state index in [0.29, 0.717) is 26.3 Å². The standard InChI is InChI=1S/C29H35ClF3N3O2/c30-26-19-23(18-25(28(26)34)29(31,32)33)27(37)21-36(20-22-10-4-3-5-11-22)15-8-1-2-9-16-38-17-13-24-12-6-7-14-35-24/h3-7,10-12,14,18-19,27,37H,1-2,8-9,13,15-17,20-21,34H2. The molecule has 0 amide bonds. The summed E-state index contributed by atoms with van der Waals surface area (Å²) in [6.07, 6.45) is 0.601. The topological polar surface area (TPSA) is 71.6 Å². The van der Waals surface area contributed by atoms with Gasteiger partial charge < -0.3 is 15.6 Å². The number of aliphatic hydroxyl groups is 1. The van der Waals surface area contributed by atoms with Gasteiger partial charge in [0.05, 0.1) is 29.0 Å². The van der Waals surface area contributed by atoms with Crippen LogP contribution in [0.4, 0.5) is 18.9 Å². The van der Waals surface area contributed by atoms with Crippen molar-refractivity contribution in [2.24, 2.45) is 0 Å². The predicted octanol–water partition coefficient (Wildman–Crippen LogP) is 6.69. The number of rotatable bonds is 15. The minimum atomic E-state index is -4.66. The lowest BCUT2D eigenvalue weighted by molar-refractivity contribution is -0.137. The maximum atomic E-state index is 13.4. The van der Waals surface area contributed by atoms with Crippen LogP contribution < -0.4 is 5.73 Å². The van der Waals surface area contributed by atoms with Crippen molar-refractivity contribution < 1.29 is 23.0 Å². The second-order valence-electron chi connectivity index (χ2n) is 9.30. The lowest BCUT2D eigenvalue weighted by Gasteiger charge is -2.26. The van der Waals surface area contributed by atoms with Gasteiger partial charge in [-0.25, -0.2) is 0 Å². The Hall–Kier alpha value is -2.65. The number of aromatic nitrogens is 1. The molecule has 0 bridgehead atoms. The van der Waals surface area contributed by atoms with Crippen LogP contribution in [0.5, 0.6) is 0 Å². The highest BCUT2D eigenvalue weighted by atomic mass is 35.5. The average molecular weight is 550 g/mol. The normalized spacial score (nSPS) is 12.7. The number of nitrogen functional groups attached to an aromatic ring is 1. The number of hydrogen-bond donors (Lipinski definition) is 2. The summed E-state index contributed by atoms with van der Waals surface area (Å²) in [5, 5.41) is 10.6. The second-order valence-corrected chi connectivity index (χ2v) is 9.70. The van der Waals surface area contributed by atoms with Crippen LogP contribution in [0.1, 0.15) is 54.2 Å². The number of unbranched alkanes of at least 4 members (excludes halogenated alkanes) is 3. The van der Waals surface area contributed by atoms with Gasteiger partial charge >= 0.3 is 6.18 Å². The lowest BCUT2D eigenvalue weighted by atomic mass is 10.0. The molecule has 1 aromatic heterocycles. The number of halogens is 4. The Morgan fingerprint density at radius 3 is 2.42 bits per heavy atom. The molecule has 2 aromatic carbocycles. The van der Waals surface area contributed by atoms with Crippen molar-refractivity contribution in [1.82, 2.24) is 9.88 Å². The van der Waals surface area contributed by atoms with Crippen LogP contribution in [-0.2, 0) is 23.9 Å². The summed E-state index contributed by atoms with van der Waals surface area (Å²) in [4.78, 5) is 6.34. The average Bonchev–Trinajstić information content (AvgIpc) is 2.89. The fraction of sp³-hybridized carbons (Fsp3) is 0.414. The number of aliphatic hydroxyl groups excluding tert-OH is 1. The molecule has 3 aromatic rings. The molecule has 5 nitrogen and oxygen atoms in total. The number of pyridine rings is 1. The molecule has 1 unspecified atom stereocenters. The summed E-state index contributed by atoms with van der Waals surface area (Å²) in [5.74, 6) is 0. The highest BCUT2D eigenvalue weighted by Crippen LogP contribution is 2.39. The summed E-state index contributed by atoms with van der Waals surface area (Å²) in [6.45, 7) is 2.78.